The lowest BCUT2D eigenvalue weighted by Crippen LogP contribution is -2.36. The highest BCUT2D eigenvalue weighted by Gasteiger charge is 2.41. The fraction of sp³-hybridized carbons (Fsp3) is 0.429. The van der Waals surface area contributed by atoms with Crippen molar-refractivity contribution in [3.8, 4) is 11.5 Å². The number of benzene rings is 2. The summed E-state index contributed by atoms with van der Waals surface area (Å²) in [7, 11) is 1.68. The number of rotatable bonds is 4. The van der Waals surface area contributed by atoms with Crippen molar-refractivity contribution < 1.29 is 14.2 Å². The topological polar surface area (TPSA) is 39.7 Å². The molecule has 0 aromatic heterocycles. The van der Waals surface area contributed by atoms with Crippen LogP contribution in [0.3, 0.4) is 0 Å². The van der Waals surface area contributed by atoms with Crippen molar-refractivity contribution in [3.63, 3.8) is 0 Å². The second kappa shape index (κ2) is 7.37. The molecular formula is C21H24ClNO3. The number of nitrogens with one attached hydrogen (secondary N) is 1. The Morgan fingerprint density at radius 1 is 1.23 bits per heavy atom. The highest BCUT2D eigenvalue weighted by molar-refractivity contribution is 6.30. The summed E-state index contributed by atoms with van der Waals surface area (Å²) < 4.78 is 17.7. The smallest absolute Gasteiger partial charge is 0.166 e. The van der Waals surface area contributed by atoms with Gasteiger partial charge in [0.05, 0.1) is 25.9 Å². The maximum atomic E-state index is 6.25. The summed E-state index contributed by atoms with van der Waals surface area (Å²) in [5, 5.41) is 4.46. The van der Waals surface area contributed by atoms with Crippen LogP contribution in [0.15, 0.2) is 36.4 Å². The second-order valence-corrected chi connectivity index (χ2v) is 7.20. The molecule has 0 aliphatic carbocycles. The standard InChI is InChI=1S/C21H24ClNO3/c1-3-25-21-15(6-4-8-18(21)24-2)19-14-7-5-11-26-20(14)16-12-13(22)9-10-17(16)23-19/h4,6,8-10,12,14,19-20,23H,3,5,7,11H2,1-2H3. The van der Waals surface area contributed by atoms with E-state index in [0.717, 1.165) is 52.8 Å². The molecule has 0 amide bonds. The van der Waals surface area contributed by atoms with Gasteiger partial charge in [-0.15, -0.1) is 0 Å². The third kappa shape index (κ3) is 3.01. The quantitative estimate of drug-likeness (QED) is 0.780. The first-order valence-electron chi connectivity index (χ1n) is 9.20. The largest absolute Gasteiger partial charge is 0.493 e. The van der Waals surface area contributed by atoms with Crippen LogP contribution in [-0.2, 0) is 4.74 Å². The summed E-state index contributed by atoms with van der Waals surface area (Å²) >= 11 is 6.25. The van der Waals surface area contributed by atoms with Gasteiger partial charge in [0.25, 0.3) is 0 Å². The van der Waals surface area contributed by atoms with E-state index in [-0.39, 0.29) is 12.1 Å². The minimum absolute atomic E-state index is 0.0457. The molecule has 2 aliphatic heterocycles. The average molecular weight is 374 g/mol. The number of ether oxygens (including phenoxy) is 3. The van der Waals surface area contributed by atoms with Gasteiger partial charge in [-0.1, -0.05) is 23.7 Å². The lowest BCUT2D eigenvalue weighted by Gasteiger charge is -2.43. The summed E-state index contributed by atoms with van der Waals surface area (Å²) in [6.07, 6.45) is 2.20. The highest BCUT2D eigenvalue weighted by atomic mass is 35.5. The summed E-state index contributed by atoms with van der Waals surface area (Å²) in [5.41, 5.74) is 3.35. The Kier molecular flexibility index (Phi) is 4.96. The van der Waals surface area contributed by atoms with Crippen LogP contribution in [0.1, 0.15) is 43.0 Å². The van der Waals surface area contributed by atoms with Gasteiger partial charge in [-0.25, -0.2) is 0 Å². The Morgan fingerprint density at radius 2 is 2.12 bits per heavy atom. The van der Waals surface area contributed by atoms with Gasteiger partial charge in [-0.3, -0.25) is 0 Å². The fourth-order valence-corrected chi connectivity index (χ4v) is 4.37. The van der Waals surface area contributed by atoms with Gasteiger partial charge >= 0.3 is 0 Å². The van der Waals surface area contributed by atoms with E-state index in [0.29, 0.717) is 12.5 Å². The molecule has 2 heterocycles. The SMILES string of the molecule is CCOc1c(OC)cccc1C1Nc2ccc(Cl)cc2C2OCCCC12. The molecule has 1 saturated heterocycles. The molecular weight excluding hydrogens is 350 g/mol. The second-order valence-electron chi connectivity index (χ2n) is 6.76. The van der Waals surface area contributed by atoms with Crippen LogP contribution in [-0.4, -0.2) is 20.3 Å². The molecule has 0 spiro atoms. The van der Waals surface area contributed by atoms with Gasteiger partial charge in [-0.05, 0) is 44.0 Å². The highest BCUT2D eigenvalue weighted by Crippen LogP contribution is 2.52. The van der Waals surface area contributed by atoms with Gasteiger partial charge in [0.1, 0.15) is 0 Å². The zero-order valence-corrected chi connectivity index (χ0v) is 15.9. The van der Waals surface area contributed by atoms with Gasteiger partial charge in [-0.2, -0.15) is 0 Å². The van der Waals surface area contributed by atoms with Gasteiger partial charge < -0.3 is 19.5 Å². The van der Waals surface area contributed by atoms with Crippen molar-refractivity contribution in [2.24, 2.45) is 5.92 Å². The lowest BCUT2D eigenvalue weighted by molar-refractivity contribution is -0.0383. The van der Waals surface area contributed by atoms with Crippen molar-refractivity contribution >= 4 is 17.3 Å². The van der Waals surface area contributed by atoms with E-state index in [1.165, 1.54) is 0 Å². The summed E-state index contributed by atoms with van der Waals surface area (Å²) in [6.45, 7) is 3.38. The summed E-state index contributed by atoms with van der Waals surface area (Å²) in [6, 6.07) is 12.2. The van der Waals surface area contributed by atoms with E-state index in [4.69, 9.17) is 25.8 Å². The average Bonchev–Trinajstić information content (AvgIpc) is 2.68. The van der Waals surface area contributed by atoms with Crippen LogP contribution in [0.2, 0.25) is 5.02 Å². The van der Waals surface area contributed by atoms with Gasteiger partial charge in [0.2, 0.25) is 0 Å². The van der Waals surface area contributed by atoms with E-state index in [9.17, 15) is 0 Å². The number of halogens is 1. The Hall–Kier alpha value is -1.91. The molecule has 0 saturated carbocycles. The molecule has 138 valence electrons. The molecule has 1 N–H and O–H groups in total. The minimum Gasteiger partial charge on any atom is -0.493 e. The number of hydrogen-bond acceptors (Lipinski definition) is 4. The van der Waals surface area contributed by atoms with Crippen molar-refractivity contribution in [3.05, 3.63) is 52.5 Å². The lowest BCUT2D eigenvalue weighted by atomic mass is 9.77. The number of hydrogen-bond donors (Lipinski definition) is 1. The van der Waals surface area contributed by atoms with Crippen LogP contribution in [0.4, 0.5) is 5.69 Å². The molecule has 26 heavy (non-hydrogen) atoms. The number of para-hydroxylation sites is 1. The Balaban J connectivity index is 1.81. The zero-order chi connectivity index (χ0) is 18.1. The molecule has 4 nitrogen and oxygen atoms in total. The van der Waals surface area contributed by atoms with Crippen LogP contribution < -0.4 is 14.8 Å². The molecule has 4 rings (SSSR count). The van der Waals surface area contributed by atoms with E-state index in [1.54, 1.807) is 7.11 Å². The fourth-order valence-electron chi connectivity index (χ4n) is 4.19. The molecule has 2 aliphatic rings. The molecule has 3 atom stereocenters. The predicted molar refractivity (Wildman–Crippen MR) is 103 cm³/mol. The molecule has 2 aromatic rings. The third-order valence-corrected chi connectivity index (χ3v) is 5.52. The van der Waals surface area contributed by atoms with Crippen molar-refractivity contribution in [2.45, 2.75) is 31.9 Å². The summed E-state index contributed by atoms with van der Waals surface area (Å²) in [5.74, 6) is 1.90. The molecule has 2 aromatic carbocycles. The first-order valence-corrected chi connectivity index (χ1v) is 9.58. The van der Waals surface area contributed by atoms with E-state index in [1.807, 2.05) is 37.3 Å². The molecule has 0 radical (unpaired) electrons. The van der Waals surface area contributed by atoms with E-state index >= 15 is 0 Å². The number of anilines is 1. The normalized spacial score (nSPS) is 24.2. The first kappa shape index (κ1) is 17.5. The first-order chi connectivity index (χ1) is 12.7. The van der Waals surface area contributed by atoms with Crippen LogP contribution in [0.25, 0.3) is 0 Å². The number of fused-ring (bicyclic) bond motifs is 3. The zero-order valence-electron chi connectivity index (χ0n) is 15.1. The van der Waals surface area contributed by atoms with Crippen molar-refractivity contribution in [1.82, 2.24) is 0 Å². The maximum Gasteiger partial charge on any atom is 0.166 e. The van der Waals surface area contributed by atoms with Crippen LogP contribution in [0.5, 0.6) is 11.5 Å². The van der Waals surface area contributed by atoms with Crippen LogP contribution in [0, 0.1) is 5.92 Å². The van der Waals surface area contributed by atoms with E-state index in [2.05, 4.69) is 11.4 Å². The third-order valence-electron chi connectivity index (χ3n) is 5.28. The molecule has 3 unspecified atom stereocenters. The Morgan fingerprint density at radius 3 is 2.92 bits per heavy atom. The van der Waals surface area contributed by atoms with Crippen LogP contribution >= 0.6 is 11.6 Å². The van der Waals surface area contributed by atoms with Gasteiger partial charge in [0.15, 0.2) is 11.5 Å². The molecule has 0 bridgehead atoms. The van der Waals surface area contributed by atoms with E-state index < -0.39 is 0 Å². The van der Waals surface area contributed by atoms with Crippen molar-refractivity contribution in [1.29, 1.82) is 0 Å². The predicted octanol–water partition coefficient (Wildman–Crippen LogP) is 5.38. The maximum absolute atomic E-state index is 6.25. The summed E-state index contributed by atoms with van der Waals surface area (Å²) in [4.78, 5) is 0. The Bertz CT molecular complexity index is 795. The molecule has 5 heteroatoms. The molecule has 1 fully saturated rings. The monoisotopic (exact) mass is 373 g/mol. The van der Waals surface area contributed by atoms with Gasteiger partial charge in [0, 0.05) is 34.4 Å². The Labute approximate surface area is 159 Å². The number of methoxy groups -OCH3 is 1. The minimum atomic E-state index is 0.0457. The van der Waals surface area contributed by atoms with Crippen molar-refractivity contribution in [2.75, 3.05) is 25.6 Å².